The molecule has 0 radical (unpaired) electrons. The number of rotatable bonds is 4. The fraction of sp³-hybridized carbons (Fsp3) is 0.227. The lowest BCUT2D eigenvalue weighted by atomic mass is 10.1. The Kier molecular flexibility index (Phi) is 4.16. The molecule has 4 heterocycles. The van der Waals surface area contributed by atoms with Gasteiger partial charge < -0.3 is 14.3 Å². The topological polar surface area (TPSA) is 75.0 Å². The molecule has 0 bridgehead atoms. The van der Waals surface area contributed by atoms with Gasteiger partial charge in [0.15, 0.2) is 5.89 Å². The highest BCUT2D eigenvalue weighted by Gasteiger charge is 2.27. The van der Waals surface area contributed by atoms with Crippen molar-refractivity contribution in [3.05, 3.63) is 83.5 Å². The first-order valence-electron chi connectivity index (χ1n) is 9.49. The molecule has 1 aliphatic heterocycles. The highest BCUT2D eigenvalue weighted by Crippen LogP contribution is 2.24. The third-order valence-corrected chi connectivity index (χ3v) is 5.23. The van der Waals surface area contributed by atoms with Crippen LogP contribution >= 0.6 is 0 Å². The van der Waals surface area contributed by atoms with Crippen LogP contribution in [-0.4, -0.2) is 32.3 Å². The molecule has 140 valence electrons. The minimum atomic E-state index is 0.0265. The van der Waals surface area contributed by atoms with Crippen LogP contribution < -0.4 is 0 Å². The number of benzene rings is 1. The van der Waals surface area contributed by atoms with Crippen molar-refractivity contribution in [2.24, 2.45) is 0 Å². The number of aromatic nitrogens is 3. The Morgan fingerprint density at radius 1 is 1.18 bits per heavy atom. The average Bonchev–Trinajstić information content (AvgIpc) is 3.38. The zero-order chi connectivity index (χ0) is 18.9. The van der Waals surface area contributed by atoms with Gasteiger partial charge >= 0.3 is 0 Å². The van der Waals surface area contributed by atoms with Crippen LogP contribution in [0.15, 0.2) is 59.4 Å². The summed E-state index contributed by atoms with van der Waals surface area (Å²) in [5, 5.41) is 1.04. The van der Waals surface area contributed by atoms with Crippen molar-refractivity contribution < 1.29 is 9.21 Å². The van der Waals surface area contributed by atoms with Crippen LogP contribution in [-0.2, 0) is 25.8 Å². The van der Waals surface area contributed by atoms with Gasteiger partial charge in [-0.2, -0.15) is 0 Å². The van der Waals surface area contributed by atoms with Crippen molar-refractivity contribution in [1.82, 2.24) is 19.9 Å². The number of aromatic amines is 1. The number of hydrogen-bond acceptors (Lipinski definition) is 4. The Balaban J connectivity index is 1.32. The molecule has 0 saturated carbocycles. The molecule has 6 nitrogen and oxygen atoms in total. The number of nitrogens with one attached hydrogen (secondary N) is 1. The van der Waals surface area contributed by atoms with E-state index in [-0.39, 0.29) is 5.91 Å². The third kappa shape index (κ3) is 3.07. The monoisotopic (exact) mass is 372 g/mol. The predicted octanol–water partition coefficient (Wildman–Crippen LogP) is 3.53. The van der Waals surface area contributed by atoms with Gasteiger partial charge in [-0.25, -0.2) is 4.98 Å². The van der Waals surface area contributed by atoms with Gasteiger partial charge in [-0.05, 0) is 30.2 Å². The molecule has 28 heavy (non-hydrogen) atoms. The molecule has 6 heteroatoms. The summed E-state index contributed by atoms with van der Waals surface area (Å²) >= 11 is 0. The second-order valence-electron chi connectivity index (χ2n) is 7.06. The Morgan fingerprint density at radius 3 is 3.04 bits per heavy atom. The smallest absolute Gasteiger partial charge is 0.256 e. The number of aryl methyl sites for hydroxylation is 2. The molecule has 3 aromatic heterocycles. The van der Waals surface area contributed by atoms with Crippen LogP contribution in [0.5, 0.6) is 0 Å². The fourth-order valence-corrected chi connectivity index (χ4v) is 3.76. The lowest BCUT2D eigenvalue weighted by Crippen LogP contribution is -2.35. The minimum Gasteiger partial charge on any atom is -0.445 e. The Morgan fingerprint density at radius 2 is 2.14 bits per heavy atom. The van der Waals surface area contributed by atoms with Gasteiger partial charge in [-0.3, -0.25) is 9.78 Å². The van der Waals surface area contributed by atoms with Crippen molar-refractivity contribution in [2.75, 3.05) is 6.54 Å². The first-order valence-corrected chi connectivity index (χ1v) is 9.49. The molecule has 1 N–H and O–H groups in total. The second-order valence-corrected chi connectivity index (χ2v) is 7.06. The lowest BCUT2D eigenvalue weighted by molar-refractivity contribution is 0.0729. The van der Waals surface area contributed by atoms with Crippen LogP contribution in [0.1, 0.15) is 33.3 Å². The zero-order valence-electron chi connectivity index (χ0n) is 15.4. The van der Waals surface area contributed by atoms with Gasteiger partial charge in [0.05, 0.1) is 17.6 Å². The maximum Gasteiger partial charge on any atom is 0.256 e. The number of pyridine rings is 1. The number of nitrogens with zero attached hydrogens (tertiary/aromatic N) is 3. The van der Waals surface area contributed by atoms with E-state index in [1.165, 1.54) is 0 Å². The largest absolute Gasteiger partial charge is 0.445 e. The van der Waals surface area contributed by atoms with Crippen LogP contribution in [0.25, 0.3) is 10.9 Å². The van der Waals surface area contributed by atoms with Gasteiger partial charge in [-0.15, -0.1) is 0 Å². The number of carbonyl (C=O) groups is 1. The number of carbonyl (C=O) groups excluding carboxylic acids is 1. The molecule has 1 amide bonds. The number of H-pyrrole nitrogens is 1. The van der Waals surface area contributed by atoms with Crippen molar-refractivity contribution in [3.8, 4) is 0 Å². The summed E-state index contributed by atoms with van der Waals surface area (Å²) < 4.78 is 5.94. The summed E-state index contributed by atoms with van der Waals surface area (Å²) in [6.07, 6.45) is 7.76. The van der Waals surface area contributed by atoms with E-state index in [2.05, 4.69) is 21.0 Å². The van der Waals surface area contributed by atoms with Gasteiger partial charge in [0, 0.05) is 43.4 Å². The van der Waals surface area contributed by atoms with Crippen molar-refractivity contribution in [2.45, 2.75) is 25.8 Å². The average molecular weight is 372 g/mol. The van der Waals surface area contributed by atoms with Crippen molar-refractivity contribution in [1.29, 1.82) is 0 Å². The summed E-state index contributed by atoms with van der Waals surface area (Å²) in [5.41, 5.74) is 3.62. The summed E-state index contributed by atoms with van der Waals surface area (Å²) in [6.45, 7) is 1.13. The fourth-order valence-electron chi connectivity index (χ4n) is 3.76. The Labute approximate surface area is 162 Å². The maximum atomic E-state index is 13.1. The van der Waals surface area contributed by atoms with Crippen molar-refractivity contribution >= 4 is 16.8 Å². The molecular formula is C22H20N4O2. The van der Waals surface area contributed by atoms with Crippen LogP contribution in [0, 0.1) is 0 Å². The van der Waals surface area contributed by atoms with Gasteiger partial charge in [0.1, 0.15) is 11.5 Å². The van der Waals surface area contributed by atoms with Crippen LogP contribution in [0.3, 0.4) is 0 Å². The summed E-state index contributed by atoms with van der Waals surface area (Å²) in [7, 11) is 0. The highest BCUT2D eigenvalue weighted by molar-refractivity contribution is 6.05. The maximum absolute atomic E-state index is 13.1. The Bertz CT molecular complexity index is 1130. The van der Waals surface area contributed by atoms with Crippen LogP contribution in [0.4, 0.5) is 0 Å². The van der Waals surface area contributed by atoms with E-state index in [4.69, 9.17) is 4.42 Å². The first-order chi connectivity index (χ1) is 13.8. The molecule has 0 aliphatic carbocycles. The normalized spacial score (nSPS) is 13.6. The number of hydrogen-bond donors (Lipinski definition) is 1. The number of amides is 1. The van der Waals surface area contributed by atoms with Gasteiger partial charge in [-0.1, -0.05) is 18.2 Å². The van der Waals surface area contributed by atoms with E-state index < -0.39 is 0 Å². The second kappa shape index (κ2) is 6.96. The zero-order valence-corrected chi connectivity index (χ0v) is 15.4. The molecule has 0 unspecified atom stereocenters. The third-order valence-electron chi connectivity index (χ3n) is 5.23. The van der Waals surface area contributed by atoms with E-state index >= 15 is 0 Å². The Hall–Kier alpha value is -3.41. The van der Waals surface area contributed by atoms with Gasteiger partial charge in [0.25, 0.3) is 5.91 Å². The molecular weight excluding hydrogens is 352 g/mol. The molecule has 0 fully saturated rings. The number of oxazole rings is 1. The summed E-state index contributed by atoms with van der Waals surface area (Å²) in [6, 6.07) is 11.8. The molecule has 0 spiro atoms. The SMILES string of the molecule is O=C(c1cccc2cc[nH]c12)N1CCc2oc(CCc3cccnc3)nc2C1. The highest BCUT2D eigenvalue weighted by atomic mass is 16.4. The predicted molar refractivity (Wildman–Crippen MR) is 105 cm³/mol. The van der Waals surface area contributed by atoms with Crippen LogP contribution in [0.2, 0.25) is 0 Å². The lowest BCUT2D eigenvalue weighted by Gasteiger charge is -2.25. The number of fused-ring (bicyclic) bond motifs is 2. The summed E-state index contributed by atoms with van der Waals surface area (Å²) in [5.74, 6) is 1.66. The molecule has 1 aliphatic rings. The molecule has 0 saturated heterocycles. The standard InChI is InChI=1S/C22H20N4O2/c27-22(17-5-1-4-16-8-11-24-21(16)17)26-12-9-19-18(14-26)25-20(28-19)7-6-15-3-2-10-23-13-15/h1-5,8,10-11,13,24H,6-7,9,12,14H2. The minimum absolute atomic E-state index is 0.0265. The summed E-state index contributed by atoms with van der Waals surface area (Å²) in [4.78, 5) is 26.9. The molecule has 0 atom stereocenters. The quantitative estimate of drug-likeness (QED) is 0.595. The molecule has 5 rings (SSSR count). The van der Waals surface area contributed by atoms with Crippen molar-refractivity contribution in [3.63, 3.8) is 0 Å². The van der Waals surface area contributed by atoms with E-state index in [0.29, 0.717) is 25.1 Å². The van der Waals surface area contributed by atoms with E-state index in [1.54, 1.807) is 6.20 Å². The first kappa shape index (κ1) is 16.7. The van der Waals surface area contributed by atoms with E-state index in [9.17, 15) is 4.79 Å². The molecule has 4 aromatic rings. The molecule has 1 aromatic carbocycles. The van der Waals surface area contributed by atoms with E-state index in [1.807, 2.05) is 47.6 Å². The van der Waals surface area contributed by atoms with Gasteiger partial charge in [0.2, 0.25) is 0 Å². The number of para-hydroxylation sites is 1. The van der Waals surface area contributed by atoms with E-state index in [0.717, 1.165) is 46.7 Å².